The number of amides is 2. The highest BCUT2D eigenvalue weighted by atomic mass is 79.9. The van der Waals surface area contributed by atoms with Crippen LogP contribution in [0, 0.1) is 17.2 Å². The van der Waals surface area contributed by atoms with Gasteiger partial charge in [0.2, 0.25) is 11.8 Å². The Labute approximate surface area is 221 Å². The summed E-state index contributed by atoms with van der Waals surface area (Å²) in [5, 5.41) is 15.6. The number of hydrogen-bond donors (Lipinski definition) is 2. The van der Waals surface area contributed by atoms with Crippen molar-refractivity contribution >= 4 is 45.5 Å². The van der Waals surface area contributed by atoms with E-state index in [0.29, 0.717) is 28.1 Å². The first-order valence-electron chi connectivity index (χ1n) is 10.7. The van der Waals surface area contributed by atoms with Gasteiger partial charge in [0.1, 0.15) is 17.4 Å². The molecule has 2 amide bonds. The summed E-state index contributed by atoms with van der Waals surface area (Å²) in [7, 11) is 4.28. The minimum Gasteiger partial charge on any atom is -0.497 e. The van der Waals surface area contributed by atoms with Gasteiger partial charge in [0.25, 0.3) is 0 Å². The first-order chi connectivity index (χ1) is 17.3. The van der Waals surface area contributed by atoms with Crippen LogP contribution in [-0.2, 0) is 25.7 Å². The molecule has 2 aromatic carbocycles. The molecule has 0 bridgehead atoms. The van der Waals surface area contributed by atoms with Crippen LogP contribution in [0.3, 0.4) is 0 Å². The lowest BCUT2D eigenvalue weighted by atomic mass is 9.78. The summed E-state index contributed by atoms with van der Waals surface area (Å²) < 4.78 is 15.8. The molecule has 0 spiro atoms. The quantitative estimate of drug-likeness (QED) is 0.345. The van der Waals surface area contributed by atoms with Crippen molar-refractivity contribution in [3.63, 3.8) is 0 Å². The van der Waals surface area contributed by atoms with E-state index in [4.69, 9.17) is 14.2 Å². The fourth-order valence-corrected chi connectivity index (χ4v) is 5.13. The lowest BCUT2D eigenvalue weighted by Gasteiger charge is -2.31. The van der Waals surface area contributed by atoms with Gasteiger partial charge in [-0.05, 0) is 51.3 Å². The van der Waals surface area contributed by atoms with Crippen LogP contribution < -0.4 is 20.1 Å². The molecule has 0 saturated carbocycles. The molecule has 2 aromatic rings. The first kappa shape index (κ1) is 27.1. The topological polar surface area (TPSA) is 127 Å². The van der Waals surface area contributed by atoms with Crippen LogP contribution in [0.4, 0.5) is 0 Å². The summed E-state index contributed by atoms with van der Waals surface area (Å²) in [6.07, 6.45) is 0. The molecule has 1 aliphatic heterocycles. The number of esters is 1. The van der Waals surface area contributed by atoms with Crippen LogP contribution >= 0.6 is 27.7 Å². The maximum absolute atomic E-state index is 12.9. The second kappa shape index (κ2) is 12.5. The Kier molecular flexibility index (Phi) is 9.38. The van der Waals surface area contributed by atoms with E-state index < -0.39 is 23.7 Å². The molecule has 188 valence electrons. The highest BCUT2D eigenvalue weighted by Gasteiger charge is 2.44. The van der Waals surface area contributed by atoms with Gasteiger partial charge >= 0.3 is 5.97 Å². The van der Waals surface area contributed by atoms with Crippen molar-refractivity contribution in [2.24, 2.45) is 5.92 Å². The first-order valence-corrected chi connectivity index (χ1v) is 12.5. The fraction of sp³-hybridized carbons (Fsp3) is 0.280. The van der Waals surface area contributed by atoms with Crippen molar-refractivity contribution in [2.45, 2.75) is 12.5 Å². The molecule has 0 unspecified atom stereocenters. The van der Waals surface area contributed by atoms with E-state index in [2.05, 4.69) is 32.6 Å². The maximum atomic E-state index is 12.9. The van der Waals surface area contributed by atoms with Crippen LogP contribution in [0.15, 0.2) is 57.5 Å². The second-order valence-corrected chi connectivity index (χ2v) is 9.47. The van der Waals surface area contributed by atoms with Crippen molar-refractivity contribution < 1.29 is 28.6 Å². The number of hydrogen-bond acceptors (Lipinski definition) is 8. The lowest BCUT2D eigenvalue weighted by Crippen LogP contribution is -2.44. The number of nitriles is 1. The van der Waals surface area contributed by atoms with E-state index in [0.717, 1.165) is 17.3 Å². The molecule has 9 nitrogen and oxygen atoms in total. The summed E-state index contributed by atoms with van der Waals surface area (Å²) >= 11 is 4.43. The molecule has 0 aromatic heterocycles. The van der Waals surface area contributed by atoms with E-state index >= 15 is 0 Å². The van der Waals surface area contributed by atoms with Crippen molar-refractivity contribution in [2.75, 3.05) is 27.1 Å². The summed E-state index contributed by atoms with van der Waals surface area (Å²) in [5.74, 6) is -2.60. The molecular formula is C25H24BrN3O6S. The predicted octanol–water partition coefficient (Wildman–Crippen LogP) is 3.25. The summed E-state index contributed by atoms with van der Waals surface area (Å²) in [6.45, 7) is 0.312. The lowest BCUT2D eigenvalue weighted by molar-refractivity contribution is -0.150. The summed E-state index contributed by atoms with van der Waals surface area (Å²) in [6, 6.07) is 14.5. The molecular weight excluding hydrogens is 550 g/mol. The highest BCUT2D eigenvalue weighted by molar-refractivity contribution is 9.10. The third-order valence-electron chi connectivity index (χ3n) is 5.52. The average molecular weight is 574 g/mol. The van der Waals surface area contributed by atoms with Gasteiger partial charge in [-0.3, -0.25) is 14.4 Å². The van der Waals surface area contributed by atoms with E-state index in [9.17, 15) is 19.6 Å². The second-order valence-electron chi connectivity index (χ2n) is 7.63. The summed E-state index contributed by atoms with van der Waals surface area (Å²) in [5.41, 5.74) is 1.60. The van der Waals surface area contributed by atoms with Crippen LogP contribution in [0.1, 0.15) is 17.0 Å². The monoisotopic (exact) mass is 573 g/mol. The van der Waals surface area contributed by atoms with Crippen LogP contribution in [0.25, 0.3) is 0 Å². The zero-order valence-electron chi connectivity index (χ0n) is 19.8. The SMILES string of the molecule is COC(=O)[C@H]1C(=O)NC(SCC(=O)NCc2ccc(OC)cc2)=C(C#N)[C@@H]1c1ccc(OC)c(Br)c1. The van der Waals surface area contributed by atoms with Gasteiger partial charge in [-0.1, -0.05) is 30.0 Å². The zero-order chi connectivity index (χ0) is 26.2. The molecule has 0 fully saturated rings. The van der Waals surface area contributed by atoms with Crippen LogP contribution in [0.5, 0.6) is 11.5 Å². The molecule has 2 atom stereocenters. The van der Waals surface area contributed by atoms with E-state index in [1.807, 2.05) is 12.1 Å². The van der Waals surface area contributed by atoms with Crippen LogP contribution in [0.2, 0.25) is 0 Å². The number of rotatable bonds is 9. The number of benzene rings is 2. The van der Waals surface area contributed by atoms with Gasteiger partial charge in [0, 0.05) is 12.5 Å². The summed E-state index contributed by atoms with van der Waals surface area (Å²) in [4.78, 5) is 38.0. The number of halogens is 1. The molecule has 3 rings (SSSR count). The Bertz CT molecular complexity index is 1230. The number of nitrogens with one attached hydrogen (secondary N) is 2. The van der Waals surface area contributed by atoms with Crippen LogP contribution in [-0.4, -0.2) is 44.9 Å². The largest absolute Gasteiger partial charge is 0.497 e. The smallest absolute Gasteiger partial charge is 0.319 e. The van der Waals surface area contributed by atoms with E-state index in [1.165, 1.54) is 14.2 Å². The molecule has 0 aliphatic carbocycles. The van der Waals surface area contributed by atoms with Gasteiger partial charge in [0.05, 0.1) is 48.2 Å². The van der Waals surface area contributed by atoms with E-state index in [-0.39, 0.29) is 22.3 Å². The number of carbonyl (C=O) groups excluding carboxylic acids is 3. The molecule has 1 heterocycles. The number of thioether (sulfide) groups is 1. The number of carbonyl (C=O) groups is 3. The molecule has 1 aliphatic rings. The highest BCUT2D eigenvalue weighted by Crippen LogP contribution is 2.42. The molecule has 2 N–H and O–H groups in total. The predicted molar refractivity (Wildman–Crippen MR) is 137 cm³/mol. The Morgan fingerprint density at radius 2 is 1.86 bits per heavy atom. The Hall–Kier alpha value is -3.49. The van der Waals surface area contributed by atoms with Gasteiger partial charge < -0.3 is 24.8 Å². The van der Waals surface area contributed by atoms with E-state index in [1.54, 1.807) is 37.4 Å². The maximum Gasteiger partial charge on any atom is 0.319 e. The standard InChI is InChI=1S/C25H24BrN3O6S/c1-33-16-7-4-14(5-8-16)12-28-20(30)13-36-24-17(11-27)21(22(23(31)29-24)25(32)35-3)15-6-9-19(34-2)18(26)10-15/h4-10,21-22H,12-13H2,1-3H3,(H,28,30)(H,29,31)/t21-,22+/m0/s1. The zero-order valence-corrected chi connectivity index (χ0v) is 22.2. The average Bonchev–Trinajstić information content (AvgIpc) is 2.89. The number of ether oxygens (including phenoxy) is 3. The van der Waals surface area contributed by atoms with Crippen molar-refractivity contribution in [1.29, 1.82) is 5.26 Å². The van der Waals surface area contributed by atoms with Gasteiger partial charge in [-0.25, -0.2) is 0 Å². The Morgan fingerprint density at radius 1 is 1.14 bits per heavy atom. The number of nitrogens with zero attached hydrogens (tertiary/aromatic N) is 1. The minimum atomic E-state index is -1.27. The minimum absolute atomic E-state index is 0.0428. The third-order valence-corrected chi connectivity index (χ3v) is 7.15. The van der Waals surface area contributed by atoms with Crippen molar-refractivity contribution in [3.8, 4) is 17.6 Å². The molecule has 11 heteroatoms. The molecule has 36 heavy (non-hydrogen) atoms. The molecule has 0 saturated heterocycles. The third kappa shape index (κ3) is 6.19. The Balaban J connectivity index is 1.82. The van der Waals surface area contributed by atoms with Gasteiger partial charge in [0.15, 0.2) is 0 Å². The Morgan fingerprint density at radius 3 is 2.44 bits per heavy atom. The number of methoxy groups -OCH3 is 3. The van der Waals surface area contributed by atoms with Crippen molar-refractivity contribution in [3.05, 3.63) is 68.7 Å². The number of allylic oxidation sites excluding steroid dienone is 1. The normalized spacial score (nSPS) is 17.0. The fourth-order valence-electron chi connectivity index (χ4n) is 3.69. The molecule has 0 radical (unpaired) electrons. The van der Waals surface area contributed by atoms with Crippen molar-refractivity contribution in [1.82, 2.24) is 10.6 Å². The van der Waals surface area contributed by atoms with Gasteiger partial charge in [-0.15, -0.1) is 0 Å². The van der Waals surface area contributed by atoms with Gasteiger partial charge in [-0.2, -0.15) is 5.26 Å².